The van der Waals surface area contributed by atoms with E-state index in [9.17, 15) is 0 Å². The molecule has 0 bridgehead atoms. The molecule has 0 spiro atoms. The molecule has 3 nitrogen and oxygen atoms in total. The van der Waals surface area contributed by atoms with E-state index in [1.54, 1.807) is 14.2 Å². The first-order chi connectivity index (χ1) is 10.2. The standard InChI is InChI=1S/C17H18BrNO2/c1-20-15-9-12-7-8-19-17(14(12)10-16(15)21-2)11-3-5-13(18)6-4-11/h3-6,9-10,17,19H,7-8H2,1-2H3. The van der Waals surface area contributed by atoms with Crippen LogP contribution in [0.2, 0.25) is 0 Å². The molecule has 4 heteroatoms. The van der Waals surface area contributed by atoms with Crippen molar-refractivity contribution < 1.29 is 9.47 Å². The molecule has 2 aromatic rings. The summed E-state index contributed by atoms with van der Waals surface area (Å²) in [5, 5.41) is 3.59. The molecule has 1 N–H and O–H groups in total. The summed E-state index contributed by atoms with van der Waals surface area (Å²) in [6.07, 6.45) is 1.00. The lowest BCUT2D eigenvalue weighted by atomic mass is 9.89. The van der Waals surface area contributed by atoms with Crippen molar-refractivity contribution in [1.29, 1.82) is 0 Å². The van der Waals surface area contributed by atoms with Gasteiger partial charge in [0.2, 0.25) is 0 Å². The summed E-state index contributed by atoms with van der Waals surface area (Å²) in [4.78, 5) is 0. The Hall–Kier alpha value is -1.52. The Kier molecular flexibility index (Phi) is 4.17. The van der Waals surface area contributed by atoms with Gasteiger partial charge in [-0.05, 0) is 47.4 Å². The van der Waals surface area contributed by atoms with Gasteiger partial charge in [-0.3, -0.25) is 0 Å². The number of hydrogen-bond acceptors (Lipinski definition) is 3. The maximum Gasteiger partial charge on any atom is 0.161 e. The number of hydrogen-bond donors (Lipinski definition) is 1. The highest BCUT2D eigenvalue weighted by Crippen LogP contribution is 2.37. The minimum atomic E-state index is 0.196. The normalized spacial score (nSPS) is 17.2. The summed E-state index contributed by atoms with van der Waals surface area (Å²) in [6, 6.07) is 12.8. The van der Waals surface area contributed by atoms with Gasteiger partial charge in [-0.1, -0.05) is 28.1 Å². The summed E-state index contributed by atoms with van der Waals surface area (Å²) < 4.78 is 11.9. The van der Waals surface area contributed by atoms with Gasteiger partial charge in [0.15, 0.2) is 11.5 Å². The highest BCUT2D eigenvalue weighted by Gasteiger charge is 2.23. The highest BCUT2D eigenvalue weighted by molar-refractivity contribution is 9.10. The number of benzene rings is 2. The first kappa shape index (κ1) is 14.4. The molecule has 0 aromatic heterocycles. The Morgan fingerprint density at radius 3 is 2.38 bits per heavy atom. The zero-order valence-corrected chi connectivity index (χ0v) is 13.7. The van der Waals surface area contributed by atoms with E-state index in [4.69, 9.17) is 9.47 Å². The summed E-state index contributed by atoms with van der Waals surface area (Å²) in [5.74, 6) is 1.58. The van der Waals surface area contributed by atoms with Crippen molar-refractivity contribution in [1.82, 2.24) is 5.32 Å². The van der Waals surface area contributed by atoms with Crippen LogP contribution in [0.1, 0.15) is 22.7 Å². The molecule has 0 aliphatic carbocycles. The third-order valence-corrected chi connectivity index (χ3v) is 4.43. The summed E-state index contributed by atoms with van der Waals surface area (Å²) in [5.41, 5.74) is 3.84. The van der Waals surface area contributed by atoms with Gasteiger partial charge < -0.3 is 14.8 Å². The van der Waals surface area contributed by atoms with Gasteiger partial charge in [-0.2, -0.15) is 0 Å². The molecule has 110 valence electrons. The molecule has 1 unspecified atom stereocenters. The molecule has 3 rings (SSSR count). The minimum Gasteiger partial charge on any atom is -0.493 e. The quantitative estimate of drug-likeness (QED) is 0.918. The SMILES string of the molecule is COc1cc2c(cc1OC)C(c1ccc(Br)cc1)NCC2. The number of fused-ring (bicyclic) bond motifs is 1. The van der Waals surface area contributed by atoms with Crippen molar-refractivity contribution in [2.24, 2.45) is 0 Å². The Bertz CT molecular complexity index is 640. The maximum atomic E-state index is 5.45. The fraction of sp³-hybridized carbons (Fsp3) is 0.294. The van der Waals surface area contributed by atoms with E-state index in [0.717, 1.165) is 28.9 Å². The fourth-order valence-electron chi connectivity index (χ4n) is 2.84. The molecular formula is C17H18BrNO2. The number of halogens is 1. The van der Waals surface area contributed by atoms with Crippen LogP contribution in [0.4, 0.5) is 0 Å². The molecule has 0 radical (unpaired) electrons. The van der Waals surface area contributed by atoms with E-state index in [1.165, 1.54) is 16.7 Å². The monoisotopic (exact) mass is 347 g/mol. The van der Waals surface area contributed by atoms with Crippen LogP contribution in [-0.4, -0.2) is 20.8 Å². The molecule has 1 atom stereocenters. The Balaban J connectivity index is 2.06. The van der Waals surface area contributed by atoms with Gasteiger partial charge in [-0.25, -0.2) is 0 Å². The molecule has 0 saturated heterocycles. The van der Waals surface area contributed by atoms with Crippen molar-refractivity contribution in [3.8, 4) is 11.5 Å². The smallest absolute Gasteiger partial charge is 0.161 e. The van der Waals surface area contributed by atoms with Crippen LogP contribution in [-0.2, 0) is 6.42 Å². The van der Waals surface area contributed by atoms with Crippen LogP contribution >= 0.6 is 15.9 Å². The fourth-order valence-corrected chi connectivity index (χ4v) is 3.10. The van der Waals surface area contributed by atoms with Crippen molar-refractivity contribution >= 4 is 15.9 Å². The molecule has 0 amide bonds. The highest BCUT2D eigenvalue weighted by atomic mass is 79.9. The van der Waals surface area contributed by atoms with Crippen molar-refractivity contribution in [3.63, 3.8) is 0 Å². The van der Waals surface area contributed by atoms with Gasteiger partial charge in [0, 0.05) is 11.0 Å². The zero-order valence-electron chi connectivity index (χ0n) is 12.2. The first-order valence-corrected chi connectivity index (χ1v) is 7.76. The van der Waals surface area contributed by atoms with E-state index in [2.05, 4.69) is 57.6 Å². The van der Waals surface area contributed by atoms with E-state index in [0.29, 0.717) is 0 Å². The van der Waals surface area contributed by atoms with E-state index in [1.807, 2.05) is 0 Å². The topological polar surface area (TPSA) is 30.5 Å². The first-order valence-electron chi connectivity index (χ1n) is 6.96. The predicted molar refractivity (Wildman–Crippen MR) is 87.2 cm³/mol. The third kappa shape index (κ3) is 2.78. The number of rotatable bonds is 3. The van der Waals surface area contributed by atoms with E-state index < -0.39 is 0 Å². The zero-order chi connectivity index (χ0) is 14.8. The van der Waals surface area contributed by atoms with Crippen molar-refractivity contribution in [2.75, 3.05) is 20.8 Å². The predicted octanol–water partition coefficient (Wildman–Crippen LogP) is 3.70. The van der Waals surface area contributed by atoms with Crippen molar-refractivity contribution in [2.45, 2.75) is 12.5 Å². The van der Waals surface area contributed by atoms with Crippen LogP contribution in [0.15, 0.2) is 40.9 Å². The molecule has 21 heavy (non-hydrogen) atoms. The molecule has 0 saturated carbocycles. The molecule has 1 aliphatic rings. The minimum absolute atomic E-state index is 0.196. The second kappa shape index (κ2) is 6.08. The molecule has 0 fully saturated rings. The number of nitrogens with one attached hydrogen (secondary N) is 1. The number of methoxy groups -OCH3 is 2. The lowest BCUT2D eigenvalue weighted by Gasteiger charge is -2.28. The van der Waals surface area contributed by atoms with Gasteiger partial charge >= 0.3 is 0 Å². The van der Waals surface area contributed by atoms with Crippen molar-refractivity contribution in [3.05, 3.63) is 57.6 Å². The van der Waals surface area contributed by atoms with Crippen LogP contribution in [0.25, 0.3) is 0 Å². The van der Waals surface area contributed by atoms with Crippen LogP contribution in [0.5, 0.6) is 11.5 Å². The Morgan fingerprint density at radius 2 is 1.71 bits per heavy atom. The van der Waals surface area contributed by atoms with Gasteiger partial charge in [-0.15, -0.1) is 0 Å². The molecule has 2 aromatic carbocycles. The largest absolute Gasteiger partial charge is 0.493 e. The number of ether oxygens (including phenoxy) is 2. The lowest BCUT2D eigenvalue weighted by molar-refractivity contribution is 0.353. The lowest BCUT2D eigenvalue weighted by Crippen LogP contribution is -2.30. The summed E-state index contributed by atoms with van der Waals surface area (Å²) in [7, 11) is 3.35. The van der Waals surface area contributed by atoms with E-state index >= 15 is 0 Å². The molecule has 1 aliphatic heterocycles. The van der Waals surface area contributed by atoms with Gasteiger partial charge in [0.25, 0.3) is 0 Å². The van der Waals surface area contributed by atoms with Crippen LogP contribution in [0.3, 0.4) is 0 Å². The van der Waals surface area contributed by atoms with E-state index in [-0.39, 0.29) is 6.04 Å². The Labute approximate surface area is 133 Å². The van der Waals surface area contributed by atoms with Crippen LogP contribution in [0, 0.1) is 0 Å². The second-order valence-corrected chi connectivity index (χ2v) is 6.01. The van der Waals surface area contributed by atoms with Gasteiger partial charge in [0.1, 0.15) is 0 Å². The second-order valence-electron chi connectivity index (χ2n) is 5.09. The average molecular weight is 348 g/mol. The molecular weight excluding hydrogens is 330 g/mol. The summed E-state index contributed by atoms with van der Waals surface area (Å²) in [6.45, 7) is 0.962. The Morgan fingerprint density at radius 1 is 1.05 bits per heavy atom. The van der Waals surface area contributed by atoms with Gasteiger partial charge in [0.05, 0.1) is 20.3 Å². The maximum absolute atomic E-state index is 5.45. The average Bonchev–Trinajstić information content (AvgIpc) is 2.53. The third-order valence-electron chi connectivity index (χ3n) is 3.90. The summed E-state index contributed by atoms with van der Waals surface area (Å²) >= 11 is 3.49. The van der Waals surface area contributed by atoms with Crippen LogP contribution < -0.4 is 14.8 Å². The molecule has 1 heterocycles.